The molecule has 0 saturated carbocycles. The Morgan fingerprint density at radius 2 is 1.81 bits per heavy atom. The van der Waals surface area contributed by atoms with Crippen molar-refractivity contribution in [1.82, 2.24) is 15.2 Å². The number of carbonyl (C=O) groups excluding carboxylic acids is 1. The third-order valence-corrected chi connectivity index (χ3v) is 6.04. The average Bonchev–Trinajstić information content (AvgIpc) is 3.55. The van der Waals surface area contributed by atoms with Crippen LogP contribution in [0.15, 0.2) is 77.4 Å². The molecule has 190 valence electrons. The van der Waals surface area contributed by atoms with Gasteiger partial charge in [0.2, 0.25) is 12.7 Å². The third kappa shape index (κ3) is 5.95. The van der Waals surface area contributed by atoms with Crippen molar-refractivity contribution in [3.63, 3.8) is 0 Å². The fourth-order valence-electron chi connectivity index (χ4n) is 4.13. The van der Waals surface area contributed by atoms with Crippen LogP contribution in [0.1, 0.15) is 46.0 Å². The number of aromatic nitrogens is 1. The van der Waals surface area contributed by atoms with E-state index in [4.69, 9.17) is 13.9 Å². The summed E-state index contributed by atoms with van der Waals surface area (Å²) in [6, 6.07) is 18.4. The van der Waals surface area contributed by atoms with Crippen LogP contribution in [0.4, 0.5) is 8.78 Å². The zero-order chi connectivity index (χ0) is 25.8. The van der Waals surface area contributed by atoms with E-state index in [-0.39, 0.29) is 37.5 Å². The Balaban J connectivity index is 1.31. The van der Waals surface area contributed by atoms with Crippen LogP contribution in [0.25, 0.3) is 0 Å². The first-order valence-corrected chi connectivity index (χ1v) is 11.8. The number of nitrogens with one attached hydrogen (secondary N) is 1. The first-order chi connectivity index (χ1) is 17.9. The summed E-state index contributed by atoms with van der Waals surface area (Å²) in [4.78, 5) is 19.0. The van der Waals surface area contributed by atoms with Gasteiger partial charge in [-0.15, -0.1) is 0 Å². The molecule has 0 bridgehead atoms. The maximum Gasteiger partial charge on any atom is 0.273 e. The number of amides is 1. The largest absolute Gasteiger partial charge is 0.454 e. The van der Waals surface area contributed by atoms with Gasteiger partial charge in [0.1, 0.15) is 17.9 Å². The van der Waals surface area contributed by atoms with Crippen LogP contribution < -0.4 is 14.8 Å². The van der Waals surface area contributed by atoms with Gasteiger partial charge in [-0.1, -0.05) is 42.5 Å². The third-order valence-electron chi connectivity index (χ3n) is 6.04. The number of benzene rings is 3. The molecule has 4 aromatic rings. The van der Waals surface area contributed by atoms with Crippen LogP contribution in [0, 0.1) is 11.6 Å². The summed E-state index contributed by atoms with van der Waals surface area (Å²) in [7, 11) is 0. The number of ether oxygens (including phenoxy) is 2. The van der Waals surface area contributed by atoms with Crippen molar-refractivity contribution in [3.05, 3.63) is 113 Å². The minimum atomic E-state index is -0.642. The molecule has 9 heteroatoms. The number of hydrogen-bond donors (Lipinski definition) is 1. The lowest BCUT2D eigenvalue weighted by Crippen LogP contribution is -2.27. The van der Waals surface area contributed by atoms with Crippen LogP contribution in [-0.2, 0) is 19.6 Å². The number of carbonyl (C=O) groups is 1. The second-order valence-electron chi connectivity index (χ2n) is 8.80. The van der Waals surface area contributed by atoms with Crippen molar-refractivity contribution in [2.24, 2.45) is 0 Å². The topological polar surface area (TPSA) is 76.8 Å². The van der Waals surface area contributed by atoms with Gasteiger partial charge in [0.25, 0.3) is 5.91 Å². The van der Waals surface area contributed by atoms with E-state index in [2.05, 4.69) is 10.3 Å². The molecule has 1 aromatic heterocycles. The fourth-order valence-corrected chi connectivity index (χ4v) is 4.13. The molecule has 1 unspecified atom stereocenters. The van der Waals surface area contributed by atoms with Crippen LogP contribution in [0.2, 0.25) is 0 Å². The van der Waals surface area contributed by atoms with E-state index in [1.165, 1.54) is 18.4 Å². The minimum absolute atomic E-state index is 0.147. The van der Waals surface area contributed by atoms with Crippen molar-refractivity contribution >= 4 is 5.91 Å². The molecule has 7 nitrogen and oxygen atoms in total. The van der Waals surface area contributed by atoms with Gasteiger partial charge < -0.3 is 19.2 Å². The summed E-state index contributed by atoms with van der Waals surface area (Å²) in [6.45, 7) is 2.79. The number of rotatable bonds is 9. The smallest absolute Gasteiger partial charge is 0.273 e. The number of oxazole rings is 1. The molecule has 37 heavy (non-hydrogen) atoms. The second kappa shape index (κ2) is 10.8. The SMILES string of the molecule is CC(NC(=O)c1coc(CN(Cc2ccc3c(c2)OCO3)Cc2ccc(F)cc2F)n1)c1ccccc1. The summed E-state index contributed by atoms with van der Waals surface area (Å²) in [5, 5.41) is 2.91. The summed E-state index contributed by atoms with van der Waals surface area (Å²) in [5.74, 6) is -0.0604. The van der Waals surface area contributed by atoms with Crippen LogP contribution in [0.5, 0.6) is 11.5 Å². The van der Waals surface area contributed by atoms with Crippen LogP contribution in [0.3, 0.4) is 0 Å². The van der Waals surface area contributed by atoms with Crippen molar-refractivity contribution in [1.29, 1.82) is 0 Å². The maximum atomic E-state index is 14.4. The number of hydrogen-bond acceptors (Lipinski definition) is 6. The standard InChI is InChI=1S/C28H25F2N3O4/c1-18(20-5-3-2-4-6-20)31-28(34)24-16-35-27(32-24)15-33(14-21-8-9-22(29)12-23(21)30)13-19-7-10-25-26(11-19)37-17-36-25/h2-12,16,18H,13-15,17H2,1H3,(H,31,34). The molecular formula is C28H25F2N3O4. The first kappa shape index (κ1) is 24.5. The molecule has 1 aliphatic heterocycles. The van der Waals surface area contributed by atoms with Crippen molar-refractivity contribution in [3.8, 4) is 11.5 Å². The highest BCUT2D eigenvalue weighted by Crippen LogP contribution is 2.33. The Kier molecular flexibility index (Phi) is 7.14. The molecule has 1 aliphatic rings. The molecule has 1 atom stereocenters. The van der Waals surface area contributed by atoms with Gasteiger partial charge in [-0.2, -0.15) is 0 Å². The molecule has 0 fully saturated rings. The van der Waals surface area contributed by atoms with Gasteiger partial charge in [0.15, 0.2) is 17.2 Å². The zero-order valence-corrected chi connectivity index (χ0v) is 20.1. The van der Waals surface area contributed by atoms with Gasteiger partial charge in [-0.25, -0.2) is 13.8 Å². The Bertz CT molecular complexity index is 1390. The van der Waals surface area contributed by atoms with Gasteiger partial charge >= 0.3 is 0 Å². The van der Waals surface area contributed by atoms with Gasteiger partial charge in [-0.3, -0.25) is 9.69 Å². The molecule has 1 amide bonds. The molecule has 0 radical (unpaired) electrons. The monoisotopic (exact) mass is 505 g/mol. The second-order valence-corrected chi connectivity index (χ2v) is 8.80. The molecule has 0 aliphatic carbocycles. The summed E-state index contributed by atoms with van der Waals surface area (Å²) in [5.41, 5.74) is 2.33. The van der Waals surface area contributed by atoms with Crippen LogP contribution in [-0.4, -0.2) is 22.6 Å². The quantitative estimate of drug-likeness (QED) is 0.329. The highest BCUT2D eigenvalue weighted by molar-refractivity contribution is 5.92. The van der Waals surface area contributed by atoms with E-state index >= 15 is 0 Å². The Hall–Kier alpha value is -4.24. The van der Waals surface area contributed by atoms with Gasteiger partial charge in [0, 0.05) is 24.7 Å². The van der Waals surface area contributed by atoms with E-state index in [0.29, 0.717) is 29.5 Å². The molecule has 2 heterocycles. The normalized spacial score (nSPS) is 13.1. The lowest BCUT2D eigenvalue weighted by Gasteiger charge is -2.21. The predicted molar refractivity (Wildman–Crippen MR) is 131 cm³/mol. The molecule has 1 N–H and O–H groups in total. The highest BCUT2D eigenvalue weighted by atomic mass is 19.1. The summed E-state index contributed by atoms with van der Waals surface area (Å²) < 4.78 is 44.3. The summed E-state index contributed by atoms with van der Waals surface area (Å²) >= 11 is 0. The summed E-state index contributed by atoms with van der Waals surface area (Å²) in [6.07, 6.45) is 1.31. The van der Waals surface area contributed by atoms with Crippen molar-refractivity contribution in [2.45, 2.75) is 32.6 Å². The number of fused-ring (bicyclic) bond motifs is 1. The molecule has 0 spiro atoms. The first-order valence-electron chi connectivity index (χ1n) is 11.8. The predicted octanol–water partition coefficient (Wildman–Crippen LogP) is 5.37. The lowest BCUT2D eigenvalue weighted by atomic mass is 10.1. The molecular weight excluding hydrogens is 480 g/mol. The van der Waals surface area contributed by atoms with E-state index in [0.717, 1.165) is 17.2 Å². The Morgan fingerprint density at radius 1 is 1.00 bits per heavy atom. The van der Waals surface area contributed by atoms with E-state index in [1.54, 1.807) is 0 Å². The number of halogens is 2. The Morgan fingerprint density at radius 3 is 2.62 bits per heavy atom. The number of nitrogens with zero attached hydrogens (tertiary/aromatic N) is 2. The molecule has 5 rings (SSSR count). The molecule has 3 aromatic carbocycles. The van der Waals surface area contributed by atoms with Crippen molar-refractivity contribution < 1.29 is 27.5 Å². The van der Waals surface area contributed by atoms with E-state index in [1.807, 2.05) is 60.4 Å². The van der Waals surface area contributed by atoms with Gasteiger partial charge in [-0.05, 0) is 36.2 Å². The Labute approximate surface area is 212 Å². The van der Waals surface area contributed by atoms with Crippen LogP contribution >= 0.6 is 0 Å². The average molecular weight is 506 g/mol. The van der Waals surface area contributed by atoms with E-state index in [9.17, 15) is 13.6 Å². The fraction of sp³-hybridized carbons (Fsp3) is 0.214. The highest BCUT2D eigenvalue weighted by Gasteiger charge is 2.20. The van der Waals surface area contributed by atoms with E-state index < -0.39 is 11.6 Å². The lowest BCUT2D eigenvalue weighted by molar-refractivity contribution is 0.0934. The molecule has 0 saturated heterocycles. The van der Waals surface area contributed by atoms with Crippen molar-refractivity contribution in [2.75, 3.05) is 6.79 Å². The zero-order valence-electron chi connectivity index (χ0n) is 20.1. The maximum absolute atomic E-state index is 14.4. The minimum Gasteiger partial charge on any atom is -0.454 e. The van der Waals surface area contributed by atoms with Gasteiger partial charge in [0.05, 0.1) is 12.6 Å².